The molecule has 3 heterocycles. The average Bonchev–Trinajstić information content (AvgIpc) is 3.04. The lowest BCUT2D eigenvalue weighted by molar-refractivity contribution is 0.717. The molecule has 3 aromatic heterocycles. The molecule has 18 heavy (non-hydrogen) atoms. The van der Waals surface area contributed by atoms with E-state index in [2.05, 4.69) is 41.9 Å². The van der Waals surface area contributed by atoms with Crippen LogP contribution in [0.3, 0.4) is 0 Å². The maximum absolute atomic E-state index is 3.45. The van der Waals surface area contributed by atoms with Gasteiger partial charge in [-0.3, -0.25) is 0 Å². The average molecular weight is 293 g/mol. The molecule has 1 unspecified atom stereocenters. The molecule has 3 aromatic rings. The standard InChI is InChI=1S/C14H15NS3/c1-3-9-4-5-11(17-9)14(15-2)13-8-12-10(18-13)6-7-16-12/h4-8,14-15H,3H2,1-2H3. The van der Waals surface area contributed by atoms with Crippen LogP contribution in [0.4, 0.5) is 0 Å². The summed E-state index contributed by atoms with van der Waals surface area (Å²) in [6.45, 7) is 2.21. The van der Waals surface area contributed by atoms with Crippen LogP contribution in [0.25, 0.3) is 9.40 Å². The van der Waals surface area contributed by atoms with Gasteiger partial charge in [-0.25, -0.2) is 0 Å². The Bertz CT molecular complexity index is 618. The van der Waals surface area contributed by atoms with Crippen molar-refractivity contribution in [3.8, 4) is 0 Å². The van der Waals surface area contributed by atoms with Gasteiger partial charge in [-0.2, -0.15) is 0 Å². The minimum Gasteiger partial charge on any atom is -0.308 e. The number of fused-ring (bicyclic) bond motifs is 1. The van der Waals surface area contributed by atoms with E-state index in [9.17, 15) is 0 Å². The van der Waals surface area contributed by atoms with Gasteiger partial charge in [0.25, 0.3) is 0 Å². The van der Waals surface area contributed by atoms with E-state index in [0.717, 1.165) is 6.42 Å². The summed E-state index contributed by atoms with van der Waals surface area (Å²) in [5.74, 6) is 0. The molecule has 0 aromatic carbocycles. The van der Waals surface area contributed by atoms with E-state index in [1.54, 1.807) is 0 Å². The second kappa shape index (κ2) is 5.13. The highest BCUT2D eigenvalue weighted by Gasteiger charge is 2.17. The van der Waals surface area contributed by atoms with Crippen molar-refractivity contribution in [3.05, 3.63) is 44.3 Å². The molecule has 0 saturated carbocycles. The molecule has 0 amide bonds. The Morgan fingerprint density at radius 1 is 1.11 bits per heavy atom. The van der Waals surface area contributed by atoms with Gasteiger partial charge in [-0.1, -0.05) is 6.92 Å². The highest BCUT2D eigenvalue weighted by molar-refractivity contribution is 7.27. The number of rotatable bonds is 4. The van der Waals surface area contributed by atoms with E-state index in [0.29, 0.717) is 6.04 Å². The Labute approximate surface area is 119 Å². The van der Waals surface area contributed by atoms with E-state index < -0.39 is 0 Å². The monoisotopic (exact) mass is 293 g/mol. The van der Waals surface area contributed by atoms with Crippen LogP contribution in [0, 0.1) is 0 Å². The first-order chi connectivity index (χ1) is 8.81. The van der Waals surface area contributed by atoms with Crippen molar-refractivity contribution in [2.24, 2.45) is 0 Å². The van der Waals surface area contributed by atoms with Gasteiger partial charge < -0.3 is 5.32 Å². The van der Waals surface area contributed by atoms with Gasteiger partial charge in [-0.05, 0) is 43.1 Å². The van der Waals surface area contributed by atoms with Crippen LogP contribution in [0.5, 0.6) is 0 Å². The highest BCUT2D eigenvalue weighted by Crippen LogP contribution is 2.37. The molecule has 94 valence electrons. The predicted molar refractivity (Wildman–Crippen MR) is 84.3 cm³/mol. The zero-order valence-electron chi connectivity index (χ0n) is 10.4. The molecule has 0 aliphatic rings. The molecule has 0 fully saturated rings. The van der Waals surface area contributed by atoms with Crippen molar-refractivity contribution in [2.45, 2.75) is 19.4 Å². The summed E-state index contributed by atoms with van der Waals surface area (Å²) >= 11 is 5.65. The van der Waals surface area contributed by atoms with E-state index in [4.69, 9.17) is 0 Å². The first-order valence-corrected chi connectivity index (χ1v) is 8.56. The van der Waals surface area contributed by atoms with Crippen LogP contribution in [-0.2, 0) is 6.42 Å². The van der Waals surface area contributed by atoms with Gasteiger partial charge >= 0.3 is 0 Å². The summed E-state index contributed by atoms with van der Waals surface area (Å²) in [5, 5.41) is 5.61. The molecule has 0 saturated heterocycles. The molecule has 1 atom stereocenters. The Kier molecular flexibility index (Phi) is 3.52. The number of aryl methyl sites for hydroxylation is 1. The van der Waals surface area contributed by atoms with Crippen molar-refractivity contribution >= 4 is 43.4 Å². The zero-order valence-corrected chi connectivity index (χ0v) is 12.8. The van der Waals surface area contributed by atoms with Crippen LogP contribution in [0.2, 0.25) is 0 Å². The molecule has 0 aliphatic carbocycles. The molecule has 1 nitrogen and oxygen atoms in total. The molecule has 1 N–H and O–H groups in total. The van der Waals surface area contributed by atoms with Crippen LogP contribution in [0.1, 0.15) is 27.6 Å². The summed E-state index contributed by atoms with van der Waals surface area (Å²) in [6.07, 6.45) is 1.13. The fourth-order valence-corrected chi connectivity index (χ4v) is 5.50. The lowest BCUT2D eigenvalue weighted by Crippen LogP contribution is -2.14. The normalized spacial score (nSPS) is 13.2. The van der Waals surface area contributed by atoms with E-state index in [-0.39, 0.29) is 0 Å². The number of hydrogen-bond acceptors (Lipinski definition) is 4. The van der Waals surface area contributed by atoms with Crippen molar-refractivity contribution in [1.82, 2.24) is 5.32 Å². The molecule has 0 bridgehead atoms. The predicted octanol–water partition coefficient (Wildman–Crippen LogP) is 4.90. The van der Waals surface area contributed by atoms with Crippen LogP contribution in [0.15, 0.2) is 29.6 Å². The maximum Gasteiger partial charge on any atom is 0.0763 e. The number of thiophene rings is 3. The third kappa shape index (κ3) is 2.14. The fourth-order valence-electron chi connectivity index (χ4n) is 2.09. The molecule has 0 aliphatic heterocycles. The molecule has 0 spiro atoms. The van der Waals surface area contributed by atoms with E-state index in [1.807, 2.05) is 41.1 Å². The van der Waals surface area contributed by atoms with Gasteiger partial charge in [0.15, 0.2) is 0 Å². The summed E-state index contributed by atoms with van der Waals surface area (Å²) in [6, 6.07) is 9.41. The topological polar surface area (TPSA) is 12.0 Å². The molecular formula is C14H15NS3. The lowest BCUT2D eigenvalue weighted by Gasteiger charge is -2.12. The van der Waals surface area contributed by atoms with Gasteiger partial charge in [0.1, 0.15) is 0 Å². The second-order valence-electron chi connectivity index (χ2n) is 4.18. The molecular weight excluding hydrogens is 278 g/mol. The van der Waals surface area contributed by atoms with E-state index in [1.165, 1.54) is 24.0 Å². The lowest BCUT2D eigenvalue weighted by atomic mass is 10.2. The fraction of sp³-hybridized carbons (Fsp3) is 0.286. The Balaban J connectivity index is 1.98. The maximum atomic E-state index is 3.45. The van der Waals surface area contributed by atoms with Crippen LogP contribution >= 0.6 is 34.0 Å². The number of nitrogens with one attached hydrogen (secondary N) is 1. The Hall–Kier alpha value is -0.680. The van der Waals surface area contributed by atoms with Crippen LogP contribution in [-0.4, -0.2) is 7.05 Å². The highest BCUT2D eigenvalue weighted by atomic mass is 32.1. The summed E-state index contributed by atoms with van der Waals surface area (Å²) in [7, 11) is 2.05. The van der Waals surface area contributed by atoms with Crippen molar-refractivity contribution in [3.63, 3.8) is 0 Å². The third-order valence-corrected chi connectivity index (χ3v) is 6.50. The Morgan fingerprint density at radius 3 is 2.67 bits per heavy atom. The molecule has 3 rings (SSSR count). The summed E-state index contributed by atoms with van der Waals surface area (Å²) in [4.78, 5) is 4.30. The smallest absolute Gasteiger partial charge is 0.0763 e. The molecule has 0 radical (unpaired) electrons. The van der Waals surface area contributed by atoms with Gasteiger partial charge in [0, 0.05) is 24.0 Å². The SMILES string of the molecule is CCc1ccc(C(NC)c2cc3sccc3s2)s1. The second-order valence-corrected chi connectivity index (χ2v) is 7.44. The Morgan fingerprint density at radius 2 is 2.00 bits per heavy atom. The third-order valence-electron chi connectivity index (χ3n) is 3.05. The van der Waals surface area contributed by atoms with Crippen molar-refractivity contribution in [2.75, 3.05) is 7.05 Å². The number of hydrogen-bond donors (Lipinski definition) is 1. The first kappa shape index (κ1) is 12.4. The summed E-state index contributed by atoms with van der Waals surface area (Å²) < 4.78 is 2.81. The minimum absolute atomic E-state index is 0.347. The summed E-state index contributed by atoms with van der Waals surface area (Å²) in [5.41, 5.74) is 0. The molecule has 4 heteroatoms. The van der Waals surface area contributed by atoms with Crippen molar-refractivity contribution in [1.29, 1.82) is 0 Å². The van der Waals surface area contributed by atoms with Gasteiger partial charge in [0.05, 0.1) is 6.04 Å². The largest absolute Gasteiger partial charge is 0.308 e. The first-order valence-electron chi connectivity index (χ1n) is 6.04. The van der Waals surface area contributed by atoms with Gasteiger partial charge in [0.2, 0.25) is 0 Å². The van der Waals surface area contributed by atoms with Crippen LogP contribution < -0.4 is 5.32 Å². The van der Waals surface area contributed by atoms with E-state index >= 15 is 0 Å². The quantitative estimate of drug-likeness (QED) is 0.722. The van der Waals surface area contributed by atoms with Gasteiger partial charge in [-0.15, -0.1) is 34.0 Å². The van der Waals surface area contributed by atoms with Crippen molar-refractivity contribution < 1.29 is 0 Å². The minimum atomic E-state index is 0.347. The zero-order chi connectivity index (χ0) is 12.5.